The highest BCUT2D eigenvalue weighted by Crippen LogP contribution is 2.09. The van der Waals surface area contributed by atoms with Crippen molar-refractivity contribution in [1.82, 2.24) is 10.2 Å². The lowest BCUT2D eigenvalue weighted by Crippen LogP contribution is -2.45. The van der Waals surface area contributed by atoms with Crippen LogP contribution in [0.1, 0.15) is 57.8 Å². The number of nitrogens with one attached hydrogen (secondary N) is 1. The van der Waals surface area contributed by atoms with Crippen molar-refractivity contribution in [3.63, 3.8) is 0 Å². The number of nitrogens with zero attached hydrogens (tertiary/aromatic N) is 1. The van der Waals surface area contributed by atoms with Crippen molar-refractivity contribution < 1.29 is 24.9 Å². The largest absolute Gasteiger partial charge is 0.480 e. The highest BCUT2D eigenvalue weighted by molar-refractivity contribution is 5.75. The van der Waals surface area contributed by atoms with Gasteiger partial charge in [0.1, 0.15) is 6.23 Å². The maximum Gasteiger partial charge on any atom is 0.317 e. The number of aliphatic hydroxyl groups excluding tert-OH is 2. The van der Waals surface area contributed by atoms with E-state index < -0.39 is 18.8 Å². The van der Waals surface area contributed by atoms with Gasteiger partial charge in [0.25, 0.3) is 0 Å². The lowest BCUT2D eigenvalue weighted by Gasteiger charge is -2.24. The molecule has 0 aromatic heterocycles. The van der Waals surface area contributed by atoms with Crippen LogP contribution >= 0.6 is 0 Å². The van der Waals surface area contributed by atoms with E-state index in [1.54, 1.807) is 0 Å². The van der Waals surface area contributed by atoms with Crippen molar-refractivity contribution in [2.45, 2.75) is 64.0 Å². The summed E-state index contributed by atoms with van der Waals surface area (Å²) in [5.41, 5.74) is 0. The molecule has 0 radical (unpaired) electrons. The number of allylic oxidation sites excluding steroid dienone is 1. The molecule has 0 saturated heterocycles. The lowest BCUT2D eigenvalue weighted by molar-refractivity contribution is -0.142. The van der Waals surface area contributed by atoms with Gasteiger partial charge >= 0.3 is 5.97 Å². The zero-order valence-electron chi connectivity index (χ0n) is 15.2. The molecule has 7 heteroatoms. The van der Waals surface area contributed by atoms with Crippen molar-refractivity contribution >= 4 is 11.9 Å². The monoisotopic (exact) mass is 358 g/mol. The van der Waals surface area contributed by atoms with E-state index in [1.165, 1.54) is 30.6 Å². The van der Waals surface area contributed by atoms with E-state index in [2.05, 4.69) is 11.9 Å². The minimum absolute atomic E-state index is 0.0697. The van der Waals surface area contributed by atoms with E-state index >= 15 is 0 Å². The molecule has 0 rings (SSSR count). The third-order valence-electron chi connectivity index (χ3n) is 3.96. The zero-order chi connectivity index (χ0) is 18.9. The zero-order valence-corrected chi connectivity index (χ0v) is 15.2. The molecule has 7 nitrogen and oxygen atoms in total. The minimum Gasteiger partial charge on any atom is -0.480 e. The predicted molar refractivity (Wildman–Crippen MR) is 97.1 cm³/mol. The van der Waals surface area contributed by atoms with Gasteiger partial charge in [-0.2, -0.15) is 0 Å². The number of hydrogen-bond donors (Lipinski definition) is 4. The Balaban J connectivity index is 3.65. The van der Waals surface area contributed by atoms with E-state index in [0.717, 1.165) is 25.7 Å². The number of carboxylic acid groups (broad SMARTS) is 1. The molecule has 0 aliphatic heterocycles. The number of amides is 1. The summed E-state index contributed by atoms with van der Waals surface area (Å²) in [5, 5.41) is 29.9. The van der Waals surface area contributed by atoms with Gasteiger partial charge in [-0.1, -0.05) is 38.2 Å². The van der Waals surface area contributed by atoms with Crippen LogP contribution in [0.3, 0.4) is 0 Å². The number of carbonyl (C=O) groups is 2. The molecule has 1 atom stereocenters. The summed E-state index contributed by atoms with van der Waals surface area (Å²) >= 11 is 0. The third-order valence-corrected chi connectivity index (χ3v) is 3.96. The molecule has 0 aromatic carbocycles. The van der Waals surface area contributed by atoms with Gasteiger partial charge in [-0.25, -0.2) is 0 Å². The van der Waals surface area contributed by atoms with Crippen LogP contribution < -0.4 is 5.32 Å². The normalized spacial score (nSPS) is 12.1. The van der Waals surface area contributed by atoms with Crippen LogP contribution in [0.4, 0.5) is 0 Å². The minimum atomic E-state index is -1.24. The van der Waals surface area contributed by atoms with Gasteiger partial charge in [0.05, 0.1) is 13.2 Å². The van der Waals surface area contributed by atoms with Crippen LogP contribution in [-0.2, 0) is 9.59 Å². The Morgan fingerprint density at radius 3 is 2.24 bits per heavy atom. The molecule has 1 unspecified atom stereocenters. The Labute approximate surface area is 150 Å². The van der Waals surface area contributed by atoms with Gasteiger partial charge in [-0.3, -0.25) is 14.5 Å². The van der Waals surface area contributed by atoms with Crippen LogP contribution in [0, 0.1) is 0 Å². The maximum atomic E-state index is 11.7. The van der Waals surface area contributed by atoms with E-state index in [0.29, 0.717) is 6.42 Å². The first-order chi connectivity index (χ1) is 12.0. The van der Waals surface area contributed by atoms with Crippen LogP contribution in [0.5, 0.6) is 0 Å². The summed E-state index contributed by atoms with van der Waals surface area (Å²) in [6.07, 6.45) is 10.1. The lowest BCUT2D eigenvalue weighted by atomic mass is 10.1. The number of carboxylic acids is 1. The van der Waals surface area contributed by atoms with Crippen molar-refractivity contribution in [2.24, 2.45) is 0 Å². The molecule has 0 saturated carbocycles. The molecular formula is C18H34N2O5. The number of carbonyl (C=O) groups excluding carboxylic acids is 1. The molecule has 1 amide bonds. The second-order valence-electron chi connectivity index (χ2n) is 6.18. The fourth-order valence-corrected chi connectivity index (χ4v) is 2.51. The second kappa shape index (κ2) is 16.1. The molecule has 4 N–H and O–H groups in total. The first kappa shape index (κ1) is 23.6. The van der Waals surface area contributed by atoms with Crippen LogP contribution in [0.25, 0.3) is 0 Å². The molecule has 25 heavy (non-hydrogen) atoms. The SMILES string of the molecule is C=CCCCCCCCCCC(=O)NCCN(CC(=O)O)C(O)CO. The average molecular weight is 358 g/mol. The second-order valence-corrected chi connectivity index (χ2v) is 6.18. The molecule has 0 aromatic rings. The molecule has 0 aliphatic carbocycles. The number of rotatable bonds is 17. The van der Waals surface area contributed by atoms with Crippen molar-refractivity contribution in [1.29, 1.82) is 0 Å². The standard InChI is InChI=1S/C18H34N2O5/c1-2-3-4-5-6-7-8-9-10-11-16(22)19-12-13-20(14-18(24)25)17(23)15-21/h2,17,21,23H,1,3-15H2,(H,19,22)(H,24,25). The molecule has 0 fully saturated rings. The molecular weight excluding hydrogens is 324 g/mol. The summed E-state index contributed by atoms with van der Waals surface area (Å²) in [4.78, 5) is 23.6. The fraction of sp³-hybridized carbons (Fsp3) is 0.778. The highest BCUT2D eigenvalue weighted by Gasteiger charge is 2.17. The molecule has 0 heterocycles. The van der Waals surface area contributed by atoms with Gasteiger partial charge in [0.15, 0.2) is 0 Å². The van der Waals surface area contributed by atoms with Crippen molar-refractivity contribution in [2.75, 3.05) is 26.2 Å². The van der Waals surface area contributed by atoms with Crippen LogP contribution in [0.15, 0.2) is 12.7 Å². The average Bonchev–Trinajstić information content (AvgIpc) is 2.58. The number of aliphatic carboxylic acids is 1. The van der Waals surface area contributed by atoms with Crippen LogP contribution in [0.2, 0.25) is 0 Å². The van der Waals surface area contributed by atoms with Gasteiger partial charge in [-0.15, -0.1) is 6.58 Å². The summed E-state index contributed by atoms with van der Waals surface area (Å²) in [6.45, 7) is 3.18. The van der Waals surface area contributed by atoms with E-state index in [1.807, 2.05) is 6.08 Å². The first-order valence-electron chi connectivity index (χ1n) is 9.13. The van der Waals surface area contributed by atoms with Gasteiger partial charge in [-0.05, 0) is 19.3 Å². The summed E-state index contributed by atoms with van der Waals surface area (Å²) in [6, 6.07) is 0. The Morgan fingerprint density at radius 2 is 1.68 bits per heavy atom. The highest BCUT2D eigenvalue weighted by atomic mass is 16.4. The van der Waals surface area contributed by atoms with E-state index in [9.17, 15) is 14.7 Å². The van der Waals surface area contributed by atoms with Gasteiger partial charge < -0.3 is 20.6 Å². The van der Waals surface area contributed by atoms with Crippen LogP contribution in [-0.4, -0.2) is 64.6 Å². The smallest absolute Gasteiger partial charge is 0.317 e. The Bertz CT molecular complexity index is 376. The molecule has 0 aliphatic rings. The Morgan fingerprint density at radius 1 is 1.08 bits per heavy atom. The summed E-state index contributed by atoms with van der Waals surface area (Å²) in [7, 11) is 0. The molecule has 146 valence electrons. The van der Waals surface area contributed by atoms with E-state index in [4.69, 9.17) is 10.2 Å². The summed E-state index contributed by atoms with van der Waals surface area (Å²) in [5.74, 6) is -1.16. The predicted octanol–water partition coefficient (Wildman–Crippen LogP) is 1.50. The fourth-order valence-electron chi connectivity index (χ4n) is 2.51. The quantitative estimate of drug-likeness (QED) is 0.178. The van der Waals surface area contributed by atoms with Crippen molar-refractivity contribution in [3.8, 4) is 0 Å². The van der Waals surface area contributed by atoms with Crippen molar-refractivity contribution in [3.05, 3.63) is 12.7 Å². The third kappa shape index (κ3) is 14.6. The van der Waals surface area contributed by atoms with Gasteiger partial charge in [0.2, 0.25) is 5.91 Å². The topological polar surface area (TPSA) is 110 Å². The molecule has 0 spiro atoms. The van der Waals surface area contributed by atoms with Gasteiger partial charge in [0, 0.05) is 19.5 Å². The first-order valence-corrected chi connectivity index (χ1v) is 9.13. The summed E-state index contributed by atoms with van der Waals surface area (Å²) < 4.78 is 0. The number of aliphatic hydroxyl groups is 2. The number of hydrogen-bond acceptors (Lipinski definition) is 5. The molecule has 0 bridgehead atoms. The maximum absolute atomic E-state index is 11.7. The Hall–Kier alpha value is -1.44. The number of unbranched alkanes of at least 4 members (excludes halogenated alkanes) is 7. The van der Waals surface area contributed by atoms with E-state index in [-0.39, 0.29) is 25.5 Å². The Kier molecular flexibility index (Phi) is 15.1.